The predicted molar refractivity (Wildman–Crippen MR) is 38.6 cm³/mol. The van der Waals surface area contributed by atoms with Crippen molar-refractivity contribution in [3.63, 3.8) is 0 Å². The molecular weight excluding hydrogens is 130 g/mol. The highest BCUT2D eigenvalue weighted by Gasteiger charge is 2.21. The maximum Gasteiger partial charge on any atom is 0.118 e. The molecule has 0 bridgehead atoms. The van der Waals surface area contributed by atoms with Gasteiger partial charge in [-0.3, -0.25) is 0 Å². The van der Waals surface area contributed by atoms with Crippen LogP contribution in [0.5, 0.6) is 0 Å². The summed E-state index contributed by atoms with van der Waals surface area (Å²) in [6.45, 7) is 7.74. The van der Waals surface area contributed by atoms with Crippen LogP contribution in [0.4, 0.5) is 0 Å². The van der Waals surface area contributed by atoms with Crippen molar-refractivity contribution < 1.29 is 9.78 Å². The predicted octanol–water partition coefficient (Wildman–Crippen LogP) is 0.705. The molecular formula is C7H15NO2. The summed E-state index contributed by atoms with van der Waals surface area (Å²) in [4.78, 5) is 10.2. The minimum Gasteiger partial charge on any atom is -0.311 e. The zero-order valence-electron chi connectivity index (χ0n) is 6.81. The minimum atomic E-state index is -0.185. The average molecular weight is 145 g/mol. The molecule has 10 heavy (non-hydrogen) atoms. The molecule has 0 aromatic rings. The van der Waals surface area contributed by atoms with Crippen LogP contribution in [-0.4, -0.2) is 24.8 Å². The summed E-state index contributed by atoms with van der Waals surface area (Å²) < 4.78 is 0. The lowest BCUT2D eigenvalue weighted by atomic mass is 10.2. The van der Waals surface area contributed by atoms with Crippen molar-refractivity contribution in [2.75, 3.05) is 13.1 Å². The third kappa shape index (κ3) is 2.64. The zero-order chi connectivity index (χ0) is 7.61. The van der Waals surface area contributed by atoms with Crippen molar-refractivity contribution in [3.05, 3.63) is 0 Å². The largest absolute Gasteiger partial charge is 0.311 e. The van der Waals surface area contributed by atoms with Gasteiger partial charge in [0.05, 0.1) is 5.60 Å². The maximum atomic E-state index is 5.09. The Hall–Kier alpha value is -0.120. The van der Waals surface area contributed by atoms with Crippen LogP contribution in [0.3, 0.4) is 0 Å². The van der Waals surface area contributed by atoms with Crippen molar-refractivity contribution in [2.45, 2.75) is 32.5 Å². The molecule has 0 spiro atoms. The van der Waals surface area contributed by atoms with Gasteiger partial charge in [-0.1, -0.05) is 0 Å². The van der Waals surface area contributed by atoms with Crippen LogP contribution < -0.4 is 5.32 Å². The molecule has 60 valence electrons. The summed E-state index contributed by atoms with van der Waals surface area (Å²) >= 11 is 0. The summed E-state index contributed by atoms with van der Waals surface area (Å²) in [5.74, 6) is 0. The first-order valence-electron chi connectivity index (χ1n) is 3.63. The zero-order valence-corrected chi connectivity index (χ0v) is 6.81. The SMILES string of the molecule is CC(C)(C)OOC1CNC1. The van der Waals surface area contributed by atoms with Gasteiger partial charge >= 0.3 is 0 Å². The lowest BCUT2D eigenvalue weighted by Crippen LogP contribution is -2.49. The smallest absolute Gasteiger partial charge is 0.118 e. The molecule has 0 aromatic heterocycles. The van der Waals surface area contributed by atoms with E-state index in [9.17, 15) is 0 Å². The lowest BCUT2D eigenvalue weighted by Gasteiger charge is -2.29. The van der Waals surface area contributed by atoms with E-state index in [2.05, 4.69) is 5.32 Å². The molecule has 0 unspecified atom stereocenters. The van der Waals surface area contributed by atoms with E-state index in [-0.39, 0.29) is 11.7 Å². The van der Waals surface area contributed by atoms with Gasteiger partial charge in [0.25, 0.3) is 0 Å². The summed E-state index contributed by atoms with van der Waals surface area (Å²) in [5, 5.41) is 3.09. The summed E-state index contributed by atoms with van der Waals surface area (Å²) in [6.07, 6.45) is 0.263. The average Bonchev–Trinajstić information content (AvgIpc) is 1.56. The van der Waals surface area contributed by atoms with E-state index < -0.39 is 0 Å². The second-order valence-corrected chi connectivity index (χ2v) is 3.57. The topological polar surface area (TPSA) is 30.5 Å². The quantitative estimate of drug-likeness (QED) is 0.458. The third-order valence-corrected chi connectivity index (χ3v) is 1.18. The van der Waals surface area contributed by atoms with E-state index >= 15 is 0 Å². The first kappa shape index (κ1) is 7.98. The van der Waals surface area contributed by atoms with Crippen LogP contribution in [-0.2, 0) is 9.78 Å². The number of hydrogen-bond donors (Lipinski definition) is 1. The van der Waals surface area contributed by atoms with Gasteiger partial charge in [0.2, 0.25) is 0 Å². The number of hydrogen-bond acceptors (Lipinski definition) is 3. The summed E-state index contributed by atoms with van der Waals surface area (Å²) in [5.41, 5.74) is -0.185. The van der Waals surface area contributed by atoms with Gasteiger partial charge in [-0.05, 0) is 20.8 Å². The molecule has 1 aliphatic heterocycles. The van der Waals surface area contributed by atoms with Crippen LogP contribution in [0.25, 0.3) is 0 Å². The highest BCUT2D eigenvalue weighted by molar-refractivity contribution is 4.73. The molecule has 0 atom stereocenters. The van der Waals surface area contributed by atoms with Gasteiger partial charge in [0.1, 0.15) is 6.10 Å². The third-order valence-electron chi connectivity index (χ3n) is 1.18. The Bertz CT molecular complexity index is 105. The molecule has 1 heterocycles. The van der Waals surface area contributed by atoms with Crippen LogP contribution in [0, 0.1) is 0 Å². The molecule has 1 rings (SSSR count). The standard InChI is InChI=1S/C7H15NO2/c1-7(2,3)10-9-6-4-8-5-6/h6,8H,4-5H2,1-3H3. The Morgan fingerprint density at radius 2 is 1.90 bits per heavy atom. The Kier molecular flexibility index (Phi) is 2.28. The molecule has 1 saturated heterocycles. The van der Waals surface area contributed by atoms with E-state index in [0.717, 1.165) is 13.1 Å². The highest BCUT2D eigenvalue weighted by Crippen LogP contribution is 2.10. The fraction of sp³-hybridized carbons (Fsp3) is 1.00. The van der Waals surface area contributed by atoms with Gasteiger partial charge in [0.15, 0.2) is 0 Å². The Morgan fingerprint density at radius 1 is 1.30 bits per heavy atom. The molecule has 3 heteroatoms. The van der Waals surface area contributed by atoms with E-state index in [0.29, 0.717) is 0 Å². The molecule has 0 radical (unpaired) electrons. The van der Waals surface area contributed by atoms with Crippen molar-refractivity contribution in [3.8, 4) is 0 Å². The molecule has 1 aliphatic rings. The van der Waals surface area contributed by atoms with E-state index in [1.807, 2.05) is 20.8 Å². The first-order chi connectivity index (χ1) is 4.58. The highest BCUT2D eigenvalue weighted by atomic mass is 17.2. The van der Waals surface area contributed by atoms with Crippen LogP contribution in [0.1, 0.15) is 20.8 Å². The second kappa shape index (κ2) is 2.86. The molecule has 0 saturated carbocycles. The van der Waals surface area contributed by atoms with Gasteiger partial charge in [-0.2, -0.15) is 0 Å². The van der Waals surface area contributed by atoms with Crippen LogP contribution in [0.2, 0.25) is 0 Å². The Morgan fingerprint density at radius 3 is 2.20 bits per heavy atom. The molecule has 1 N–H and O–H groups in total. The molecule has 0 amide bonds. The van der Waals surface area contributed by atoms with Crippen LogP contribution >= 0.6 is 0 Å². The van der Waals surface area contributed by atoms with E-state index in [4.69, 9.17) is 9.78 Å². The molecule has 0 aliphatic carbocycles. The molecule has 1 fully saturated rings. The fourth-order valence-corrected chi connectivity index (χ4v) is 0.543. The monoisotopic (exact) mass is 145 g/mol. The maximum absolute atomic E-state index is 5.09. The fourth-order valence-electron chi connectivity index (χ4n) is 0.543. The minimum absolute atomic E-state index is 0.185. The first-order valence-corrected chi connectivity index (χ1v) is 3.63. The van der Waals surface area contributed by atoms with Crippen molar-refractivity contribution in [1.29, 1.82) is 0 Å². The van der Waals surface area contributed by atoms with Crippen molar-refractivity contribution in [1.82, 2.24) is 5.32 Å². The van der Waals surface area contributed by atoms with Crippen molar-refractivity contribution >= 4 is 0 Å². The summed E-state index contributed by atoms with van der Waals surface area (Å²) in [6, 6.07) is 0. The molecule has 3 nitrogen and oxygen atoms in total. The number of nitrogens with one attached hydrogen (secondary N) is 1. The second-order valence-electron chi connectivity index (χ2n) is 3.57. The summed E-state index contributed by atoms with van der Waals surface area (Å²) in [7, 11) is 0. The van der Waals surface area contributed by atoms with Gasteiger partial charge < -0.3 is 5.32 Å². The van der Waals surface area contributed by atoms with E-state index in [1.54, 1.807) is 0 Å². The lowest BCUT2D eigenvalue weighted by molar-refractivity contribution is -0.378. The van der Waals surface area contributed by atoms with Gasteiger partial charge in [-0.15, -0.1) is 0 Å². The van der Waals surface area contributed by atoms with Gasteiger partial charge in [0, 0.05) is 13.1 Å². The number of rotatable bonds is 2. The Balaban J connectivity index is 2.04. The van der Waals surface area contributed by atoms with Gasteiger partial charge in [-0.25, -0.2) is 9.78 Å². The van der Waals surface area contributed by atoms with Crippen molar-refractivity contribution in [2.24, 2.45) is 0 Å². The van der Waals surface area contributed by atoms with E-state index in [1.165, 1.54) is 0 Å². The van der Waals surface area contributed by atoms with Crippen LogP contribution in [0.15, 0.2) is 0 Å². The normalized spacial score (nSPS) is 20.7. The molecule has 0 aromatic carbocycles. The Labute approximate surface area is 61.6 Å².